The minimum Gasteiger partial charge on any atom is -0.508 e. The van der Waals surface area contributed by atoms with Crippen LogP contribution in [-0.4, -0.2) is 40.9 Å². The molecule has 6 nitrogen and oxygen atoms in total. The number of Topliss-reactive ketones (excluding diaryl/α,β-unsaturated/α-hetero) is 1. The third-order valence-corrected chi connectivity index (χ3v) is 5.16. The lowest BCUT2D eigenvalue weighted by molar-refractivity contribution is -0.167. The van der Waals surface area contributed by atoms with E-state index < -0.39 is 23.6 Å². The van der Waals surface area contributed by atoms with Gasteiger partial charge in [-0.05, 0) is 39.3 Å². The lowest BCUT2D eigenvalue weighted by atomic mass is 9.79. The average molecular weight is 334 g/mol. The van der Waals surface area contributed by atoms with Crippen molar-refractivity contribution in [2.24, 2.45) is 0 Å². The summed E-state index contributed by atoms with van der Waals surface area (Å²) in [6.45, 7) is 7.06. The number of rotatable bonds is 1. The molecule has 0 saturated carbocycles. The van der Waals surface area contributed by atoms with E-state index in [1.807, 2.05) is 6.92 Å². The summed E-state index contributed by atoms with van der Waals surface area (Å²) in [5.74, 6) is 0.563. The number of ketones is 1. The number of aromatic hydroxyl groups is 1. The number of ether oxygens (including phenoxy) is 3. The number of hydrogen-bond acceptors (Lipinski definition) is 6. The molecule has 0 aromatic heterocycles. The van der Waals surface area contributed by atoms with Gasteiger partial charge in [0.25, 0.3) is 0 Å². The number of carbonyl (C=O) groups is 1. The highest BCUT2D eigenvalue weighted by molar-refractivity contribution is 6.01. The molecule has 6 heteroatoms. The third-order valence-electron chi connectivity index (χ3n) is 5.16. The fourth-order valence-electron chi connectivity index (χ4n) is 3.29. The van der Waals surface area contributed by atoms with Crippen molar-refractivity contribution in [2.75, 3.05) is 7.11 Å². The lowest BCUT2D eigenvalue weighted by Gasteiger charge is -2.42. The molecule has 0 bridgehead atoms. The van der Waals surface area contributed by atoms with E-state index in [0.717, 1.165) is 11.1 Å². The number of hydrogen-bond donors (Lipinski definition) is 2. The van der Waals surface area contributed by atoms with Crippen LogP contribution in [0.15, 0.2) is 17.4 Å². The van der Waals surface area contributed by atoms with E-state index in [-0.39, 0.29) is 12.4 Å². The predicted molar refractivity (Wildman–Crippen MR) is 85.9 cm³/mol. The van der Waals surface area contributed by atoms with Crippen molar-refractivity contribution in [3.8, 4) is 11.5 Å². The first kappa shape index (κ1) is 16.8. The highest BCUT2D eigenvalue weighted by Gasteiger charge is 2.55. The van der Waals surface area contributed by atoms with Crippen LogP contribution in [0, 0.1) is 13.8 Å². The molecule has 24 heavy (non-hydrogen) atoms. The summed E-state index contributed by atoms with van der Waals surface area (Å²) in [5, 5.41) is 20.5. The van der Waals surface area contributed by atoms with Gasteiger partial charge in [-0.1, -0.05) is 0 Å². The van der Waals surface area contributed by atoms with Gasteiger partial charge in [0.1, 0.15) is 35.6 Å². The van der Waals surface area contributed by atoms with E-state index in [4.69, 9.17) is 14.2 Å². The highest BCUT2D eigenvalue weighted by Crippen LogP contribution is 2.44. The third kappa shape index (κ3) is 2.13. The zero-order chi connectivity index (χ0) is 17.8. The Morgan fingerprint density at radius 3 is 2.62 bits per heavy atom. The standard InChI is InChI=1S/C18H22O6/c1-8-6-12(19)9(2)14-11(8)7-23-15-10(3)13(20)16(21)18(4,22-5)17(15)24-14/h6,16-17,19,21H,7H2,1-5H3/t16-,17+,18+/m1/s1. The summed E-state index contributed by atoms with van der Waals surface area (Å²) in [6, 6.07) is 1.66. The van der Waals surface area contributed by atoms with Crippen molar-refractivity contribution in [1.82, 2.24) is 0 Å². The maximum Gasteiger partial charge on any atom is 0.193 e. The molecule has 0 saturated heterocycles. The first-order valence-corrected chi connectivity index (χ1v) is 7.82. The summed E-state index contributed by atoms with van der Waals surface area (Å²) < 4.78 is 17.5. The molecule has 0 unspecified atom stereocenters. The Balaban J connectivity index is 2.22. The number of aliphatic hydroxyl groups is 1. The maximum atomic E-state index is 12.4. The van der Waals surface area contributed by atoms with Crippen molar-refractivity contribution in [1.29, 1.82) is 0 Å². The zero-order valence-corrected chi connectivity index (χ0v) is 14.5. The molecule has 3 rings (SSSR count). The molecule has 0 radical (unpaired) electrons. The fraction of sp³-hybridized carbons (Fsp3) is 0.500. The van der Waals surface area contributed by atoms with Crippen LogP contribution in [0.5, 0.6) is 11.5 Å². The van der Waals surface area contributed by atoms with Crippen molar-refractivity contribution in [3.63, 3.8) is 0 Å². The first-order chi connectivity index (χ1) is 11.2. The van der Waals surface area contributed by atoms with Gasteiger partial charge in [-0.15, -0.1) is 0 Å². The van der Waals surface area contributed by atoms with Crippen molar-refractivity contribution in [3.05, 3.63) is 34.1 Å². The monoisotopic (exact) mass is 334 g/mol. The molecule has 2 N–H and O–H groups in total. The second-order valence-corrected chi connectivity index (χ2v) is 6.58. The van der Waals surface area contributed by atoms with E-state index in [9.17, 15) is 15.0 Å². The molecular formula is C18H22O6. The normalized spacial score (nSPS) is 29.3. The summed E-state index contributed by atoms with van der Waals surface area (Å²) in [7, 11) is 1.42. The minimum atomic E-state index is -1.36. The van der Waals surface area contributed by atoms with E-state index in [1.54, 1.807) is 26.8 Å². The SMILES string of the molecule is CO[C@@]1(C)[C@H](O)C(=O)C(C)=C2OCc3c(C)cc(O)c(C)c3O[C@@H]21. The van der Waals surface area contributed by atoms with E-state index in [2.05, 4.69) is 0 Å². The smallest absolute Gasteiger partial charge is 0.193 e. The van der Waals surface area contributed by atoms with Crippen LogP contribution < -0.4 is 4.74 Å². The predicted octanol–water partition coefficient (Wildman–Crippen LogP) is 1.91. The molecule has 2 aliphatic rings. The highest BCUT2D eigenvalue weighted by atomic mass is 16.6. The van der Waals surface area contributed by atoms with Gasteiger partial charge in [0, 0.05) is 23.8 Å². The number of phenols is 1. The summed E-state index contributed by atoms with van der Waals surface area (Å²) in [5.41, 5.74) is 1.26. The Kier molecular flexibility index (Phi) is 3.85. The van der Waals surface area contributed by atoms with Gasteiger partial charge in [-0.3, -0.25) is 4.79 Å². The number of aryl methyl sites for hydroxylation is 1. The van der Waals surface area contributed by atoms with E-state index in [1.165, 1.54) is 7.11 Å². The summed E-state index contributed by atoms with van der Waals surface area (Å²) in [4.78, 5) is 12.4. The second kappa shape index (κ2) is 5.50. The van der Waals surface area contributed by atoms with E-state index in [0.29, 0.717) is 22.6 Å². The van der Waals surface area contributed by atoms with Crippen LogP contribution >= 0.6 is 0 Å². The quantitative estimate of drug-likeness (QED) is 0.816. The fourth-order valence-corrected chi connectivity index (χ4v) is 3.29. The van der Waals surface area contributed by atoms with Gasteiger partial charge < -0.3 is 24.4 Å². The number of carbonyl (C=O) groups excluding carboxylic acids is 1. The van der Waals surface area contributed by atoms with Gasteiger partial charge >= 0.3 is 0 Å². The van der Waals surface area contributed by atoms with Crippen molar-refractivity contribution < 1.29 is 29.2 Å². The van der Waals surface area contributed by atoms with Gasteiger partial charge in [-0.2, -0.15) is 0 Å². The molecule has 0 amide bonds. The number of benzene rings is 1. The topological polar surface area (TPSA) is 85.2 Å². The van der Waals surface area contributed by atoms with Crippen LogP contribution in [-0.2, 0) is 20.9 Å². The van der Waals surface area contributed by atoms with Gasteiger partial charge in [0.2, 0.25) is 0 Å². The molecule has 0 spiro atoms. The van der Waals surface area contributed by atoms with Crippen LogP contribution in [0.3, 0.4) is 0 Å². The molecule has 130 valence electrons. The van der Waals surface area contributed by atoms with Crippen LogP contribution in [0.4, 0.5) is 0 Å². The number of phenolic OH excluding ortho intramolecular Hbond substituents is 1. The zero-order valence-electron chi connectivity index (χ0n) is 14.5. The Bertz CT molecular complexity index is 750. The van der Waals surface area contributed by atoms with Gasteiger partial charge in [-0.25, -0.2) is 0 Å². The first-order valence-electron chi connectivity index (χ1n) is 7.82. The van der Waals surface area contributed by atoms with Crippen LogP contribution in [0.25, 0.3) is 0 Å². The molecule has 0 fully saturated rings. The van der Waals surface area contributed by atoms with Crippen LogP contribution in [0.2, 0.25) is 0 Å². The number of methoxy groups -OCH3 is 1. The van der Waals surface area contributed by atoms with Crippen LogP contribution in [0.1, 0.15) is 30.5 Å². The van der Waals surface area contributed by atoms with E-state index >= 15 is 0 Å². The Hall–Kier alpha value is -2.05. The molecule has 1 heterocycles. The van der Waals surface area contributed by atoms with Crippen molar-refractivity contribution >= 4 is 5.78 Å². The molecule has 1 aromatic carbocycles. The Labute approximate surface area is 140 Å². The minimum absolute atomic E-state index is 0.127. The molecule has 1 aliphatic carbocycles. The Morgan fingerprint density at radius 1 is 1.33 bits per heavy atom. The lowest BCUT2D eigenvalue weighted by Crippen LogP contribution is -2.60. The maximum absolute atomic E-state index is 12.4. The molecule has 1 aromatic rings. The average Bonchev–Trinajstić information content (AvgIpc) is 2.77. The molecule has 3 atom stereocenters. The Morgan fingerprint density at radius 2 is 2.00 bits per heavy atom. The molecule has 1 aliphatic heterocycles. The van der Waals surface area contributed by atoms with Gasteiger partial charge in [0.15, 0.2) is 11.9 Å². The van der Waals surface area contributed by atoms with Crippen molar-refractivity contribution in [2.45, 2.75) is 52.1 Å². The number of aliphatic hydroxyl groups excluding tert-OH is 1. The molecular weight excluding hydrogens is 312 g/mol. The summed E-state index contributed by atoms with van der Waals surface area (Å²) in [6.07, 6.45) is -2.16. The summed E-state index contributed by atoms with van der Waals surface area (Å²) >= 11 is 0. The van der Waals surface area contributed by atoms with Gasteiger partial charge in [0.05, 0.1) is 0 Å². The second-order valence-electron chi connectivity index (χ2n) is 6.58. The largest absolute Gasteiger partial charge is 0.508 e. The number of fused-ring (bicyclic) bond motifs is 2.